The summed E-state index contributed by atoms with van der Waals surface area (Å²) in [6.45, 7) is 2.05. The Hall–Kier alpha value is -1.75. The third-order valence-corrected chi connectivity index (χ3v) is 3.21. The molecule has 2 aliphatic rings. The lowest BCUT2D eigenvalue weighted by atomic mass is 10.2. The van der Waals surface area contributed by atoms with Crippen molar-refractivity contribution in [2.75, 3.05) is 19.7 Å². The third-order valence-electron chi connectivity index (χ3n) is 3.21. The van der Waals surface area contributed by atoms with Gasteiger partial charge in [-0.1, -0.05) is 12.1 Å². The van der Waals surface area contributed by atoms with Gasteiger partial charge in [-0.2, -0.15) is 0 Å². The number of carbonyl (C=O) groups is 1. The van der Waals surface area contributed by atoms with Crippen molar-refractivity contribution in [3.8, 4) is 11.5 Å². The fraction of sp³-hybridized carbons (Fsp3) is 0.462. The van der Waals surface area contributed by atoms with E-state index in [4.69, 9.17) is 9.47 Å². The average Bonchev–Trinajstić information content (AvgIpc) is 2.91. The van der Waals surface area contributed by atoms with Crippen LogP contribution in [0.5, 0.6) is 11.5 Å². The monoisotopic (exact) mass is 248 g/mol. The maximum absolute atomic E-state index is 12.0. The molecule has 1 aromatic carbocycles. The van der Waals surface area contributed by atoms with E-state index in [1.54, 1.807) is 0 Å². The Bertz CT molecular complexity index is 444. The molecule has 0 aromatic heterocycles. The maximum Gasteiger partial charge on any atom is 0.264 e. The highest BCUT2D eigenvalue weighted by Crippen LogP contribution is 2.30. The number of benzene rings is 1. The highest BCUT2D eigenvalue weighted by molar-refractivity contribution is 5.82. The second-order valence-corrected chi connectivity index (χ2v) is 4.56. The number of para-hydroxylation sites is 2. The van der Waals surface area contributed by atoms with Crippen molar-refractivity contribution in [2.24, 2.45) is 0 Å². The average molecular weight is 248 g/mol. The molecule has 0 spiro atoms. The topological polar surface area (TPSA) is 59.6 Å². The van der Waals surface area contributed by atoms with Crippen molar-refractivity contribution in [3.05, 3.63) is 24.3 Å². The van der Waals surface area contributed by atoms with Gasteiger partial charge in [0, 0.05) is 12.6 Å². The van der Waals surface area contributed by atoms with E-state index in [1.165, 1.54) is 0 Å². The molecule has 18 heavy (non-hydrogen) atoms. The van der Waals surface area contributed by atoms with Crippen molar-refractivity contribution in [3.63, 3.8) is 0 Å². The van der Waals surface area contributed by atoms with Gasteiger partial charge in [0.05, 0.1) is 0 Å². The predicted octanol–water partition coefficient (Wildman–Crippen LogP) is 0.304. The summed E-state index contributed by atoms with van der Waals surface area (Å²) in [7, 11) is 0. The van der Waals surface area contributed by atoms with Crippen LogP contribution < -0.4 is 20.1 Å². The largest absolute Gasteiger partial charge is 0.485 e. The molecule has 1 amide bonds. The minimum absolute atomic E-state index is 0.0989. The predicted molar refractivity (Wildman–Crippen MR) is 65.8 cm³/mol. The lowest BCUT2D eigenvalue weighted by Crippen LogP contribution is -2.48. The molecule has 0 bridgehead atoms. The minimum Gasteiger partial charge on any atom is -0.485 e. The first-order valence-corrected chi connectivity index (χ1v) is 6.22. The van der Waals surface area contributed by atoms with Gasteiger partial charge in [-0.05, 0) is 25.1 Å². The highest BCUT2D eigenvalue weighted by Gasteiger charge is 2.29. The van der Waals surface area contributed by atoms with Crippen molar-refractivity contribution < 1.29 is 14.3 Å². The van der Waals surface area contributed by atoms with Crippen LogP contribution in [-0.2, 0) is 4.79 Å². The molecule has 1 aromatic rings. The van der Waals surface area contributed by atoms with Crippen LogP contribution in [0.3, 0.4) is 0 Å². The Morgan fingerprint density at radius 3 is 2.94 bits per heavy atom. The molecule has 2 atom stereocenters. The molecule has 5 heteroatoms. The number of carbonyl (C=O) groups excluding carboxylic acids is 1. The molecule has 5 nitrogen and oxygen atoms in total. The summed E-state index contributed by atoms with van der Waals surface area (Å²) in [5.74, 6) is 1.23. The summed E-state index contributed by atoms with van der Waals surface area (Å²) in [5.41, 5.74) is 0. The Kier molecular flexibility index (Phi) is 3.06. The molecule has 96 valence electrons. The quantitative estimate of drug-likeness (QED) is 0.790. The van der Waals surface area contributed by atoms with Gasteiger partial charge >= 0.3 is 0 Å². The molecule has 1 fully saturated rings. The van der Waals surface area contributed by atoms with Crippen molar-refractivity contribution >= 4 is 5.91 Å². The van der Waals surface area contributed by atoms with Crippen LogP contribution in [-0.4, -0.2) is 37.7 Å². The Balaban J connectivity index is 1.62. The number of hydrogen-bond donors (Lipinski definition) is 2. The molecule has 2 N–H and O–H groups in total. The van der Waals surface area contributed by atoms with Crippen molar-refractivity contribution in [2.45, 2.75) is 18.6 Å². The van der Waals surface area contributed by atoms with E-state index in [0.29, 0.717) is 11.5 Å². The van der Waals surface area contributed by atoms with E-state index in [0.717, 1.165) is 19.5 Å². The Morgan fingerprint density at radius 2 is 2.17 bits per heavy atom. The molecule has 2 heterocycles. The molecule has 2 aliphatic heterocycles. The summed E-state index contributed by atoms with van der Waals surface area (Å²) in [6.07, 6.45) is 0.413. The number of fused-ring (bicyclic) bond motifs is 1. The van der Waals surface area contributed by atoms with Crippen molar-refractivity contribution in [1.82, 2.24) is 10.6 Å². The number of rotatable bonds is 2. The van der Waals surface area contributed by atoms with Gasteiger partial charge in [-0.3, -0.25) is 4.79 Å². The van der Waals surface area contributed by atoms with E-state index in [1.807, 2.05) is 24.3 Å². The molecule has 3 rings (SSSR count). The zero-order valence-corrected chi connectivity index (χ0v) is 10.0. The minimum atomic E-state index is -0.555. The number of ether oxygens (including phenoxy) is 2. The van der Waals surface area contributed by atoms with E-state index in [9.17, 15) is 4.79 Å². The lowest BCUT2D eigenvalue weighted by Gasteiger charge is -2.26. The molecule has 0 radical (unpaired) electrons. The van der Waals surface area contributed by atoms with Gasteiger partial charge < -0.3 is 20.1 Å². The molecule has 0 unspecified atom stereocenters. The van der Waals surface area contributed by atoms with Gasteiger partial charge in [-0.25, -0.2) is 0 Å². The lowest BCUT2D eigenvalue weighted by molar-refractivity contribution is -0.130. The van der Waals surface area contributed by atoms with Gasteiger partial charge in [0.15, 0.2) is 11.5 Å². The zero-order chi connectivity index (χ0) is 12.4. The fourth-order valence-electron chi connectivity index (χ4n) is 2.22. The summed E-state index contributed by atoms with van der Waals surface area (Å²) >= 11 is 0. The SMILES string of the molecule is O=C(N[C@@H]1CCNC1)[C@@H]1COc2ccccc2O1. The summed E-state index contributed by atoms with van der Waals surface area (Å²) < 4.78 is 11.2. The molecule has 0 aliphatic carbocycles. The summed E-state index contributed by atoms with van der Waals surface area (Å²) in [4.78, 5) is 12.0. The normalized spacial score (nSPS) is 25.8. The Morgan fingerprint density at radius 1 is 1.33 bits per heavy atom. The second-order valence-electron chi connectivity index (χ2n) is 4.56. The number of amides is 1. The standard InChI is InChI=1S/C13H16N2O3/c16-13(15-9-5-6-14-7-9)12-8-17-10-3-1-2-4-11(10)18-12/h1-4,9,12,14H,5-8H2,(H,15,16)/t9-,12+/m1/s1. The number of hydrogen-bond acceptors (Lipinski definition) is 4. The highest BCUT2D eigenvalue weighted by atomic mass is 16.6. The first-order valence-electron chi connectivity index (χ1n) is 6.22. The van der Waals surface area contributed by atoms with Crippen LogP contribution in [0.2, 0.25) is 0 Å². The Labute approximate surface area is 105 Å². The molecule has 0 saturated carbocycles. The van der Waals surface area contributed by atoms with E-state index < -0.39 is 6.10 Å². The molecule has 1 saturated heterocycles. The van der Waals surface area contributed by atoms with Crippen LogP contribution in [0.25, 0.3) is 0 Å². The smallest absolute Gasteiger partial charge is 0.264 e. The molecular formula is C13H16N2O3. The second kappa shape index (κ2) is 4.86. The van der Waals surface area contributed by atoms with E-state index in [-0.39, 0.29) is 18.6 Å². The van der Waals surface area contributed by atoms with Crippen LogP contribution in [0.15, 0.2) is 24.3 Å². The van der Waals surface area contributed by atoms with Crippen LogP contribution >= 0.6 is 0 Å². The fourth-order valence-corrected chi connectivity index (χ4v) is 2.22. The maximum atomic E-state index is 12.0. The first kappa shape index (κ1) is 11.3. The molecular weight excluding hydrogens is 232 g/mol. The van der Waals surface area contributed by atoms with Gasteiger partial charge in [0.25, 0.3) is 5.91 Å². The zero-order valence-electron chi connectivity index (χ0n) is 10.0. The summed E-state index contributed by atoms with van der Waals surface area (Å²) in [6, 6.07) is 7.60. The van der Waals surface area contributed by atoms with Gasteiger partial charge in [-0.15, -0.1) is 0 Å². The van der Waals surface area contributed by atoms with E-state index in [2.05, 4.69) is 10.6 Å². The third kappa shape index (κ3) is 2.26. The van der Waals surface area contributed by atoms with Crippen LogP contribution in [0, 0.1) is 0 Å². The van der Waals surface area contributed by atoms with Gasteiger partial charge in [0.1, 0.15) is 6.61 Å². The van der Waals surface area contributed by atoms with Crippen molar-refractivity contribution in [1.29, 1.82) is 0 Å². The first-order chi connectivity index (χ1) is 8.83. The van der Waals surface area contributed by atoms with Gasteiger partial charge in [0.2, 0.25) is 6.10 Å². The van der Waals surface area contributed by atoms with E-state index >= 15 is 0 Å². The number of nitrogens with one attached hydrogen (secondary N) is 2. The van der Waals surface area contributed by atoms with Crippen LogP contribution in [0.1, 0.15) is 6.42 Å². The van der Waals surface area contributed by atoms with Crippen LogP contribution in [0.4, 0.5) is 0 Å². The summed E-state index contributed by atoms with van der Waals surface area (Å²) in [5, 5.41) is 6.18.